The Balaban J connectivity index is 1.78. The molecule has 74 valence electrons. The van der Waals surface area contributed by atoms with E-state index in [1.807, 2.05) is 0 Å². The fraction of sp³-hybridized carbons (Fsp3) is 0.545. The molecule has 2 fully saturated rings. The summed E-state index contributed by atoms with van der Waals surface area (Å²) in [7, 11) is 0. The Hall–Kier alpha value is -0.570. The number of rotatable bonds is 2. The van der Waals surface area contributed by atoms with Crippen LogP contribution in [0.3, 0.4) is 0 Å². The van der Waals surface area contributed by atoms with E-state index < -0.39 is 0 Å². The molecule has 2 nitrogen and oxygen atoms in total. The Bertz CT molecular complexity index is 372. The number of ketones is 1. The Morgan fingerprint density at radius 1 is 1.36 bits per heavy atom. The molecule has 0 aliphatic heterocycles. The van der Waals surface area contributed by atoms with Gasteiger partial charge in [-0.15, -0.1) is 0 Å². The molecule has 0 spiro atoms. The zero-order valence-corrected chi connectivity index (χ0v) is 9.29. The van der Waals surface area contributed by atoms with Gasteiger partial charge in [0.15, 0.2) is 10.4 Å². The number of halogens is 1. The lowest BCUT2D eigenvalue weighted by Gasteiger charge is -1.98. The number of carbonyl (C=O) groups is 1. The summed E-state index contributed by atoms with van der Waals surface area (Å²) in [6, 6.07) is 3.55. The summed E-state index contributed by atoms with van der Waals surface area (Å²) in [6.07, 6.45) is 3.78. The highest BCUT2D eigenvalue weighted by molar-refractivity contribution is 9.10. The molecular weight excluding hydrogens is 244 g/mol. The van der Waals surface area contributed by atoms with Crippen molar-refractivity contribution >= 4 is 21.7 Å². The predicted molar refractivity (Wildman–Crippen MR) is 55.1 cm³/mol. The molecule has 3 heteroatoms. The first-order chi connectivity index (χ1) is 6.77. The molecule has 14 heavy (non-hydrogen) atoms. The molecule has 2 unspecified atom stereocenters. The second kappa shape index (κ2) is 2.96. The molecule has 2 aliphatic rings. The molecule has 0 amide bonds. The largest absolute Gasteiger partial charge is 0.446 e. The highest BCUT2D eigenvalue weighted by atomic mass is 79.9. The van der Waals surface area contributed by atoms with Gasteiger partial charge in [0.25, 0.3) is 0 Å². The molecule has 2 aliphatic carbocycles. The van der Waals surface area contributed by atoms with Crippen molar-refractivity contribution in [3.8, 4) is 0 Å². The lowest BCUT2D eigenvalue weighted by atomic mass is 10.1. The molecule has 1 aromatic heterocycles. The van der Waals surface area contributed by atoms with Gasteiger partial charge in [-0.25, -0.2) is 0 Å². The van der Waals surface area contributed by atoms with E-state index in [9.17, 15) is 4.79 Å². The van der Waals surface area contributed by atoms with E-state index in [0.717, 1.165) is 0 Å². The minimum atomic E-state index is 0.213. The van der Waals surface area contributed by atoms with Gasteiger partial charge in [0.1, 0.15) is 0 Å². The van der Waals surface area contributed by atoms with E-state index in [2.05, 4.69) is 15.9 Å². The van der Waals surface area contributed by atoms with E-state index >= 15 is 0 Å². The minimum absolute atomic E-state index is 0.213. The van der Waals surface area contributed by atoms with Crippen LogP contribution in [0.15, 0.2) is 21.2 Å². The van der Waals surface area contributed by atoms with Crippen molar-refractivity contribution in [1.29, 1.82) is 0 Å². The maximum Gasteiger partial charge on any atom is 0.201 e. The van der Waals surface area contributed by atoms with Gasteiger partial charge >= 0.3 is 0 Å². The van der Waals surface area contributed by atoms with Gasteiger partial charge in [0.2, 0.25) is 5.78 Å². The van der Waals surface area contributed by atoms with Crippen molar-refractivity contribution in [3.05, 3.63) is 22.6 Å². The summed E-state index contributed by atoms with van der Waals surface area (Å²) in [5.74, 6) is 2.36. The topological polar surface area (TPSA) is 30.2 Å². The summed E-state index contributed by atoms with van der Waals surface area (Å²) in [5, 5.41) is 0. The molecule has 0 aromatic carbocycles. The first-order valence-corrected chi connectivity index (χ1v) is 5.86. The highest BCUT2D eigenvalue weighted by Crippen LogP contribution is 2.58. The third-order valence-corrected chi connectivity index (χ3v) is 3.95. The molecule has 2 saturated carbocycles. The van der Waals surface area contributed by atoms with Crippen LogP contribution in [0, 0.1) is 17.8 Å². The van der Waals surface area contributed by atoms with E-state index in [-0.39, 0.29) is 11.7 Å². The summed E-state index contributed by atoms with van der Waals surface area (Å²) >= 11 is 3.21. The Labute approximate surface area is 90.8 Å². The molecule has 0 saturated heterocycles. The van der Waals surface area contributed by atoms with Crippen molar-refractivity contribution in [3.63, 3.8) is 0 Å². The zero-order valence-electron chi connectivity index (χ0n) is 7.70. The number of Topliss-reactive ketones (excluding diaryl/α,β-unsaturated/α-hetero) is 1. The monoisotopic (exact) mass is 254 g/mol. The molecular formula is C11H11BrO2. The van der Waals surface area contributed by atoms with E-state index in [4.69, 9.17) is 4.42 Å². The Morgan fingerprint density at radius 2 is 2.07 bits per heavy atom. The number of hydrogen-bond acceptors (Lipinski definition) is 2. The van der Waals surface area contributed by atoms with Crippen LogP contribution in [0.25, 0.3) is 0 Å². The van der Waals surface area contributed by atoms with E-state index in [1.54, 1.807) is 12.1 Å². The maximum absolute atomic E-state index is 11.9. The first kappa shape index (κ1) is 8.72. The van der Waals surface area contributed by atoms with Crippen molar-refractivity contribution in [2.24, 2.45) is 17.8 Å². The highest BCUT2D eigenvalue weighted by Gasteiger charge is 2.56. The molecule has 3 rings (SSSR count). The molecule has 1 aromatic rings. The molecule has 0 radical (unpaired) electrons. The van der Waals surface area contributed by atoms with Crippen molar-refractivity contribution < 1.29 is 9.21 Å². The third kappa shape index (κ3) is 1.18. The van der Waals surface area contributed by atoms with Gasteiger partial charge in [0.05, 0.1) is 0 Å². The molecule has 2 atom stereocenters. The second-order valence-electron chi connectivity index (χ2n) is 4.25. The summed E-state index contributed by atoms with van der Waals surface area (Å²) in [4.78, 5) is 11.9. The fourth-order valence-corrected chi connectivity index (χ4v) is 3.13. The van der Waals surface area contributed by atoms with Gasteiger partial charge in [0, 0.05) is 5.92 Å². The number of carbonyl (C=O) groups excluding carboxylic acids is 1. The number of hydrogen-bond donors (Lipinski definition) is 0. The lowest BCUT2D eigenvalue weighted by molar-refractivity contribution is 0.0922. The van der Waals surface area contributed by atoms with Gasteiger partial charge in [-0.1, -0.05) is 6.42 Å². The molecule has 1 heterocycles. The van der Waals surface area contributed by atoms with Gasteiger partial charge < -0.3 is 4.42 Å². The molecule has 0 bridgehead atoms. The van der Waals surface area contributed by atoms with Gasteiger partial charge in [-0.3, -0.25) is 4.79 Å². The van der Waals surface area contributed by atoms with E-state index in [1.165, 1.54) is 19.3 Å². The van der Waals surface area contributed by atoms with Gasteiger partial charge in [-0.05, 0) is 52.7 Å². The van der Waals surface area contributed by atoms with Crippen LogP contribution in [0.5, 0.6) is 0 Å². The first-order valence-electron chi connectivity index (χ1n) is 5.07. The van der Waals surface area contributed by atoms with Crippen LogP contribution >= 0.6 is 15.9 Å². The van der Waals surface area contributed by atoms with Gasteiger partial charge in [-0.2, -0.15) is 0 Å². The van der Waals surface area contributed by atoms with Crippen LogP contribution in [0.4, 0.5) is 0 Å². The quantitative estimate of drug-likeness (QED) is 0.759. The standard InChI is InChI=1S/C11H11BrO2/c12-9-5-4-8(14-9)11(13)10-6-2-1-3-7(6)10/h4-7,10H,1-3H2. The second-order valence-corrected chi connectivity index (χ2v) is 5.03. The lowest BCUT2D eigenvalue weighted by Crippen LogP contribution is -2.04. The fourth-order valence-electron chi connectivity index (χ4n) is 2.82. The molecule has 0 N–H and O–H groups in total. The average Bonchev–Trinajstić information content (AvgIpc) is 2.56. The Morgan fingerprint density at radius 3 is 2.64 bits per heavy atom. The Kier molecular flexibility index (Phi) is 1.84. The van der Waals surface area contributed by atoms with E-state index in [0.29, 0.717) is 22.3 Å². The van der Waals surface area contributed by atoms with Crippen LogP contribution in [-0.2, 0) is 0 Å². The van der Waals surface area contributed by atoms with Crippen molar-refractivity contribution in [2.75, 3.05) is 0 Å². The minimum Gasteiger partial charge on any atom is -0.446 e. The zero-order chi connectivity index (χ0) is 9.71. The van der Waals surface area contributed by atoms with Crippen molar-refractivity contribution in [1.82, 2.24) is 0 Å². The normalized spacial score (nSPS) is 34.2. The van der Waals surface area contributed by atoms with Crippen LogP contribution in [0.2, 0.25) is 0 Å². The van der Waals surface area contributed by atoms with Crippen LogP contribution in [0.1, 0.15) is 29.8 Å². The smallest absolute Gasteiger partial charge is 0.201 e. The third-order valence-electron chi connectivity index (χ3n) is 3.53. The number of furan rings is 1. The van der Waals surface area contributed by atoms with Crippen LogP contribution < -0.4 is 0 Å². The average molecular weight is 255 g/mol. The maximum atomic E-state index is 11.9. The predicted octanol–water partition coefficient (Wildman–Crippen LogP) is 3.27. The summed E-state index contributed by atoms with van der Waals surface area (Å²) in [5.41, 5.74) is 0. The number of fused-ring (bicyclic) bond motifs is 1. The van der Waals surface area contributed by atoms with Crippen LogP contribution in [-0.4, -0.2) is 5.78 Å². The summed E-state index contributed by atoms with van der Waals surface area (Å²) in [6.45, 7) is 0. The SMILES string of the molecule is O=C(c1ccc(Br)o1)C1C2CCCC21. The van der Waals surface area contributed by atoms with Crippen molar-refractivity contribution in [2.45, 2.75) is 19.3 Å². The summed E-state index contributed by atoms with van der Waals surface area (Å²) < 4.78 is 5.92.